The summed E-state index contributed by atoms with van der Waals surface area (Å²) in [4.78, 5) is 12.9. The first-order chi connectivity index (χ1) is 8.56. The van der Waals surface area contributed by atoms with Gasteiger partial charge in [0.15, 0.2) is 0 Å². The number of carbonyl (C=O) groups excluding carboxylic acids is 1. The smallest absolute Gasteiger partial charge is 0.241 e. The number of thioether (sulfide) groups is 1. The van der Waals surface area contributed by atoms with Crippen LogP contribution in [-0.2, 0) is 4.79 Å². The van der Waals surface area contributed by atoms with Crippen molar-refractivity contribution < 1.29 is 4.79 Å². The quantitative estimate of drug-likeness (QED) is 0.613. The standard InChI is InChI=1S/C14H20N2OS/c1-4-9-18-12-8-6-5-7-11(12)16-14(17)13(15)10(2)3/h4-8,10,13H,1,9,15H2,2-3H3,(H,16,17). The van der Waals surface area contributed by atoms with E-state index in [0.29, 0.717) is 0 Å². The Morgan fingerprint density at radius 3 is 2.78 bits per heavy atom. The lowest BCUT2D eigenvalue weighted by molar-refractivity contribution is -0.118. The minimum absolute atomic E-state index is 0.123. The van der Waals surface area contributed by atoms with E-state index in [2.05, 4.69) is 11.9 Å². The van der Waals surface area contributed by atoms with Crippen molar-refractivity contribution in [3.63, 3.8) is 0 Å². The van der Waals surface area contributed by atoms with Crippen LogP contribution in [-0.4, -0.2) is 17.7 Å². The number of hydrogen-bond donors (Lipinski definition) is 2. The van der Waals surface area contributed by atoms with E-state index < -0.39 is 6.04 Å². The van der Waals surface area contributed by atoms with Gasteiger partial charge in [0.1, 0.15) is 0 Å². The van der Waals surface area contributed by atoms with E-state index >= 15 is 0 Å². The molecule has 4 heteroatoms. The number of para-hydroxylation sites is 1. The molecule has 0 radical (unpaired) electrons. The van der Waals surface area contributed by atoms with Crippen LogP contribution in [0.5, 0.6) is 0 Å². The fourth-order valence-electron chi connectivity index (χ4n) is 1.36. The van der Waals surface area contributed by atoms with Crippen molar-refractivity contribution in [2.75, 3.05) is 11.1 Å². The summed E-state index contributed by atoms with van der Waals surface area (Å²) >= 11 is 1.64. The fraction of sp³-hybridized carbons (Fsp3) is 0.357. The van der Waals surface area contributed by atoms with Gasteiger partial charge in [-0.05, 0) is 18.1 Å². The summed E-state index contributed by atoms with van der Waals surface area (Å²) in [5.41, 5.74) is 6.63. The van der Waals surface area contributed by atoms with Gasteiger partial charge in [-0.25, -0.2) is 0 Å². The molecule has 0 fully saturated rings. The van der Waals surface area contributed by atoms with Crippen LogP contribution in [0.15, 0.2) is 41.8 Å². The van der Waals surface area contributed by atoms with Gasteiger partial charge >= 0.3 is 0 Å². The molecule has 1 rings (SSSR count). The summed E-state index contributed by atoms with van der Waals surface area (Å²) in [6.45, 7) is 7.56. The molecule has 0 aliphatic heterocycles. The van der Waals surface area contributed by atoms with E-state index in [0.717, 1.165) is 16.3 Å². The molecule has 98 valence electrons. The molecular formula is C14H20N2OS. The summed E-state index contributed by atoms with van der Waals surface area (Å²) in [6, 6.07) is 7.22. The summed E-state index contributed by atoms with van der Waals surface area (Å²) in [5.74, 6) is 0.790. The molecule has 1 atom stereocenters. The molecule has 0 bridgehead atoms. The molecule has 3 N–H and O–H groups in total. The monoisotopic (exact) mass is 264 g/mol. The highest BCUT2D eigenvalue weighted by Crippen LogP contribution is 2.27. The van der Waals surface area contributed by atoms with Gasteiger partial charge in [-0.3, -0.25) is 4.79 Å². The van der Waals surface area contributed by atoms with E-state index in [4.69, 9.17) is 5.73 Å². The molecule has 0 aliphatic carbocycles. The molecule has 1 aromatic carbocycles. The molecule has 0 aliphatic rings. The zero-order valence-corrected chi connectivity index (χ0v) is 11.7. The first-order valence-electron chi connectivity index (χ1n) is 5.95. The normalized spacial score (nSPS) is 12.2. The highest BCUT2D eigenvalue weighted by molar-refractivity contribution is 7.99. The third-order valence-corrected chi connectivity index (χ3v) is 3.59. The second kappa shape index (κ2) is 7.24. The van der Waals surface area contributed by atoms with Crippen molar-refractivity contribution in [3.05, 3.63) is 36.9 Å². The zero-order chi connectivity index (χ0) is 13.5. The fourth-order valence-corrected chi connectivity index (χ4v) is 2.11. The van der Waals surface area contributed by atoms with Gasteiger partial charge in [0.2, 0.25) is 5.91 Å². The van der Waals surface area contributed by atoms with E-state index in [9.17, 15) is 4.79 Å². The largest absolute Gasteiger partial charge is 0.324 e. The predicted octanol–water partition coefficient (Wildman–Crippen LogP) is 2.89. The molecule has 18 heavy (non-hydrogen) atoms. The SMILES string of the molecule is C=CCSc1ccccc1NC(=O)C(N)C(C)C. The topological polar surface area (TPSA) is 55.1 Å². The molecular weight excluding hydrogens is 244 g/mol. The summed E-state index contributed by atoms with van der Waals surface area (Å²) in [6.07, 6.45) is 1.84. The minimum Gasteiger partial charge on any atom is -0.324 e. The maximum atomic E-state index is 11.9. The number of rotatable bonds is 6. The van der Waals surface area contributed by atoms with Crippen molar-refractivity contribution in [1.82, 2.24) is 0 Å². The van der Waals surface area contributed by atoms with Gasteiger partial charge in [-0.15, -0.1) is 18.3 Å². The van der Waals surface area contributed by atoms with Crippen LogP contribution in [0.1, 0.15) is 13.8 Å². The number of nitrogens with one attached hydrogen (secondary N) is 1. The molecule has 3 nitrogen and oxygen atoms in total. The second-order valence-corrected chi connectivity index (χ2v) is 5.42. The Hall–Kier alpha value is -1.26. The highest BCUT2D eigenvalue weighted by atomic mass is 32.2. The van der Waals surface area contributed by atoms with Crippen LogP contribution in [0.2, 0.25) is 0 Å². The van der Waals surface area contributed by atoms with Crippen LogP contribution in [0.25, 0.3) is 0 Å². The van der Waals surface area contributed by atoms with Gasteiger partial charge in [0.05, 0.1) is 11.7 Å². The van der Waals surface area contributed by atoms with Crippen molar-refractivity contribution in [2.45, 2.75) is 24.8 Å². The number of hydrogen-bond acceptors (Lipinski definition) is 3. The number of nitrogens with two attached hydrogens (primary N) is 1. The average Bonchev–Trinajstić information content (AvgIpc) is 2.36. The van der Waals surface area contributed by atoms with Gasteiger partial charge in [-0.2, -0.15) is 0 Å². The van der Waals surface area contributed by atoms with Crippen LogP contribution in [0.4, 0.5) is 5.69 Å². The predicted molar refractivity (Wildman–Crippen MR) is 78.8 cm³/mol. The Balaban J connectivity index is 2.77. The Morgan fingerprint density at radius 1 is 1.50 bits per heavy atom. The first kappa shape index (κ1) is 14.8. The van der Waals surface area contributed by atoms with Gasteiger partial charge in [-0.1, -0.05) is 32.1 Å². The van der Waals surface area contributed by atoms with Crippen LogP contribution in [0, 0.1) is 5.92 Å². The Kier molecular flexibility index (Phi) is 5.95. The Labute approximate surface area is 113 Å². The Morgan fingerprint density at radius 2 is 2.17 bits per heavy atom. The minimum atomic E-state index is -0.484. The van der Waals surface area contributed by atoms with Gasteiger partial charge in [0.25, 0.3) is 0 Å². The van der Waals surface area contributed by atoms with Gasteiger partial charge < -0.3 is 11.1 Å². The lowest BCUT2D eigenvalue weighted by Gasteiger charge is -2.16. The number of benzene rings is 1. The van der Waals surface area contributed by atoms with E-state index in [1.807, 2.05) is 44.2 Å². The second-order valence-electron chi connectivity index (χ2n) is 4.35. The van der Waals surface area contributed by atoms with E-state index in [1.54, 1.807) is 11.8 Å². The maximum absolute atomic E-state index is 11.9. The average molecular weight is 264 g/mol. The number of carbonyl (C=O) groups is 1. The van der Waals surface area contributed by atoms with Crippen LogP contribution in [0.3, 0.4) is 0 Å². The van der Waals surface area contributed by atoms with E-state index in [-0.39, 0.29) is 11.8 Å². The lowest BCUT2D eigenvalue weighted by atomic mass is 10.1. The van der Waals surface area contributed by atoms with Crippen molar-refractivity contribution in [2.24, 2.45) is 11.7 Å². The Bertz CT molecular complexity index is 418. The van der Waals surface area contributed by atoms with Crippen LogP contribution < -0.4 is 11.1 Å². The first-order valence-corrected chi connectivity index (χ1v) is 6.94. The summed E-state index contributed by atoms with van der Waals surface area (Å²) in [5, 5.41) is 2.88. The van der Waals surface area contributed by atoms with Crippen molar-refractivity contribution in [1.29, 1.82) is 0 Å². The summed E-state index contributed by atoms with van der Waals surface area (Å²) < 4.78 is 0. The van der Waals surface area contributed by atoms with Crippen molar-refractivity contribution in [3.8, 4) is 0 Å². The van der Waals surface area contributed by atoms with Crippen LogP contribution >= 0.6 is 11.8 Å². The van der Waals surface area contributed by atoms with Gasteiger partial charge in [0, 0.05) is 10.6 Å². The number of anilines is 1. The van der Waals surface area contributed by atoms with Crippen molar-refractivity contribution >= 4 is 23.4 Å². The highest BCUT2D eigenvalue weighted by Gasteiger charge is 2.18. The lowest BCUT2D eigenvalue weighted by Crippen LogP contribution is -2.39. The molecule has 1 aromatic rings. The molecule has 0 aromatic heterocycles. The molecule has 1 amide bonds. The zero-order valence-electron chi connectivity index (χ0n) is 10.8. The third-order valence-electron chi connectivity index (χ3n) is 2.52. The third kappa shape index (κ3) is 4.20. The summed E-state index contributed by atoms with van der Waals surface area (Å²) in [7, 11) is 0. The molecule has 0 saturated carbocycles. The number of amides is 1. The molecule has 0 saturated heterocycles. The molecule has 0 spiro atoms. The van der Waals surface area contributed by atoms with E-state index in [1.165, 1.54) is 0 Å². The molecule has 0 heterocycles. The molecule has 1 unspecified atom stereocenters. The maximum Gasteiger partial charge on any atom is 0.241 e.